The zero-order valence-electron chi connectivity index (χ0n) is 30.8. The maximum atomic E-state index is 2.38. The van der Waals surface area contributed by atoms with Crippen molar-refractivity contribution in [2.75, 3.05) is 4.90 Å². The van der Waals surface area contributed by atoms with E-state index >= 15 is 0 Å². The standard InChI is InChI=1S/C54H38N2/c1-3-17-39(18-4-1)40-31-33-41(34-32-40)45-21-7-8-22-46(45)47-23-9-10-24-48(47)49-25-11-14-28-52(49)55(42-19-5-2-6-20-42)43-35-37-44(38-36-43)56-53-29-15-12-26-50(53)51-27-13-16-30-54(51)56/h1-38H. The van der Waals surface area contributed by atoms with Crippen molar-refractivity contribution in [3.8, 4) is 50.2 Å². The molecule has 0 radical (unpaired) electrons. The van der Waals surface area contributed by atoms with Crippen molar-refractivity contribution in [2.45, 2.75) is 0 Å². The third-order valence-electron chi connectivity index (χ3n) is 10.8. The molecule has 0 bridgehead atoms. The third kappa shape index (κ3) is 5.95. The molecule has 2 nitrogen and oxygen atoms in total. The fraction of sp³-hybridized carbons (Fsp3) is 0. The number of rotatable bonds is 8. The summed E-state index contributed by atoms with van der Waals surface area (Å²) in [5, 5.41) is 2.52. The van der Waals surface area contributed by atoms with Crippen LogP contribution in [0.25, 0.3) is 72.0 Å². The van der Waals surface area contributed by atoms with E-state index in [1.807, 2.05) is 0 Å². The van der Waals surface area contributed by atoms with Crippen LogP contribution in [0.5, 0.6) is 0 Å². The smallest absolute Gasteiger partial charge is 0.0541 e. The molecule has 56 heavy (non-hydrogen) atoms. The lowest BCUT2D eigenvalue weighted by Crippen LogP contribution is -2.11. The molecule has 1 heterocycles. The second kappa shape index (κ2) is 14.4. The molecule has 0 atom stereocenters. The average Bonchev–Trinajstić information content (AvgIpc) is 3.62. The van der Waals surface area contributed by atoms with Crippen LogP contribution in [0.15, 0.2) is 231 Å². The first-order valence-corrected chi connectivity index (χ1v) is 19.2. The molecule has 0 aliphatic rings. The normalized spacial score (nSPS) is 11.2. The van der Waals surface area contributed by atoms with Crippen molar-refractivity contribution in [3.05, 3.63) is 231 Å². The molecule has 2 heteroatoms. The SMILES string of the molecule is c1ccc(-c2ccc(-c3ccccc3-c3ccccc3-c3ccccc3N(c3ccccc3)c3ccc(-n4c5ccccc5c5ccccc54)cc3)cc2)cc1. The molecule has 264 valence electrons. The summed E-state index contributed by atoms with van der Waals surface area (Å²) in [4.78, 5) is 2.38. The monoisotopic (exact) mass is 714 g/mol. The molecule has 0 aliphatic heterocycles. The van der Waals surface area contributed by atoms with E-state index in [2.05, 4.69) is 240 Å². The Hall–Kier alpha value is -7.42. The molecule has 0 saturated heterocycles. The lowest BCUT2D eigenvalue weighted by atomic mass is 9.88. The number of benzene rings is 9. The maximum Gasteiger partial charge on any atom is 0.0541 e. The summed E-state index contributed by atoms with van der Waals surface area (Å²) >= 11 is 0. The predicted octanol–water partition coefficient (Wildman–Crippen LogP) is 14.9. The van der Waals surface area contributed by atoms with Crippen LogP contribution in [0, 0.1) is 0 Å². The van der Waals surface area contributed by atoms with E-state index in [0.29, 0.717) is 0 Å². The second-order valence-electron chi connectivity index (χ2n) is 14.1. The summed E-state index contributed by atoms with van der Waals surface area (Å²) in [5.41, 5.74) is 16.4. The van der Waals surface area contributed by atoms with E-state index in [1.54, 1.807) is 0 Å². The number of aromatic nitrogens is 1. The molecule has 10 aromatic rings. The second-order valence-corrected chi connectivity index (χ2v) is 14.1. The Morgan fingerprint density at radius 2 is 0.679 bits per heavy atom. The fourth-order valence-electron chi connectivity index (χ4n) is 8.25. The van der Waals surface area contributed by atoms with Crippen LogP contribution in [-0.4, -0.2) is 4.57 Å². The number of fused-ring (bicyclic) bond motifs is 3. The Labute approximate surface area is 327 Å². The minimum Gasteiger partial charge on any atom is -0.310 e. The highest BCUT2D eigenvalue weighted by molar-refractivity contribution is 6.09. The van der Waals surface area contributed by atoms with E-state index in [0.717, 1.165) is 28.3 Å². The number of nitrogens with zero attached hydrogens (tertiary/aromatic N) is 2. The molecule has 0 amide bonds. The molecule has 9 aromatic carbocycles. The number of para-hydroxylation sites is 4. The Morgan fingerprint density at radius 1 is 0.268 bits per heavy atom. The van der Waals surface area contributed by atoms with Crippen molar-refractivity contribution in [1.82, 2.24) is 4.57 Å². The molecule has 1 aromatic heterocycles. The van der Waals surface area contributed by atoms with Gasteiger partial charge in [0.05, 0.1) is 16.7 Å². The van der Waals surface area contributed by atoms with Crippen LogP contribution in [0.2, 0.25) is 0 Å². The first-order valence-electron chi connectivity index (χ1n) is 19.2. The minimum atomic E-state index is 1.09. The topological polar surface area (TPSA) is 8.17 Å². The highest BCUT2D eigenvalue weighted by Gasteiger charge is 2.20. The van der Waals surface area contributed by atoms with Gasteiger partial charge in [-0.15, -0.1) is 0 Å². The van der Waals surface area contributed by atoms with Gasteiger partial charge in [0.2, 0.25) is 0 Å². The summed E-state index contributed by atoms with van der Waals surface area (Å²) in [5.74, 6) is 0. The third-order valence-corrected chi connectivity index (χ3v) is 10.8. The van der Waals surface area contributed by atoms with Gasteiger partial charge in [-0.3, -0.25) is 0 Å². The van der Waals surface area contributed by atoms with Crippen LogP contribution in [0.1, 0.15) is 0 Å². The highest BCUT2D eigenvalue weighted by atomic mass is 15.1. The largest absolute Gasteiger partial charge is 0.310 e. The van der Waals surface area contributed by atoms with Gasteiger partial charge in [0, 0.05) is 33.4 Å². The van der Waals surface area contributed by atoms with Gasteiger partial charge in [0.25, 0.3) is 0 Å². The molecule has 0 fully saturated rings. The van der Waals surface area contributed by atoms with Gasteiger partial charge in [-0.25, -0.2) is 0 Å². The number of hydrogen-bond acceptors (Lipinski definition) is 1. The van der Waals surface area contributed by atoms with Gasteiger partial charge in [-0.05, 0) is 93.5 Å². The van der Waals surface area contributed by atoms with Crippen molar-refractivity contribution < 1.29 is 0 Å². The van der Waals surface area contributed by atoms with Gasteiger partial charge >= 0.3 is 0 Å². The van der Waals surface area contributed by atoms with E-state index in [1.165, 1.54) is 60.8 Å². The van der Waals surface area contributed by atoms with Crippen molar-refractivity contribution in [3.63, 3.8) is 0 Å². The summed E-state index contributed by atoms with van der Waals surface area (Å²) in [6.45, 7) is 0. The highest BCUT2D eigenvalue weighted by Crippen LogP contribution is 2.45. The van der Waals surface area contributed by atoms with Gasteiger partial charge in [0.15, 0.2) is 0 Å². The first kappa shape index (κ1) is 33.2. The summed E-state index contributed by atoms with van der Waals surface area (Å²) in [6, 6.07) is 83.0. The Balaban J connectivity index is 1.08. The van der Waals surface area contributed by atoms with Crippen molar-refractivity contribution in [2.24, 2.45) is 0 Å². The average molecular weight is 715 g/mol. The number of anilines is 3. The van der Waals surface area contributed by atoms with E-state index < -0.39 is 0 Å². The molecule has 10 rings (SSSR count). The van der Waals surface area contributed by atoms with Gasteiger partial charge in [-0.1, -0.05) is 176 Å². The predicted molar refractivity (Wildman–Crippen MR) is 237 cm³/mol. The minimum absolute atomic E-state index is 1.09. The van der Waals surface area contributed by atoms with E-state index in [4.69, 9.17) is 0 Å². The maximum absolute atomic E-state index is 2.38. The quantitative estimate of drug-likeness (QED) is 0.152. The lowest BCUT2D eigenvalue weighted by molar-refractivity contribution is 1.17. The Kier molecular flexibility index (Phi) is 8.55. The van der Waals surface area contributed by atoms with Crippen LogP contribution in [0.3, 0.4) is 0 Å². The Morgan fingerprint density at radius 3 is 1.30 bits per heavy atom. The first-order chi connectivity index (χ1) is 27.8. The fourth-order valence-corrected chi connectivity index (χ4v) is 8.25. The molecular weight excluding hydrogens is 677 g/mol. The van der Waals surface area contributed by atoms with E-state index in [9.17, 15) is 0 Å². The zero-order chi connectivity index (χ0) is 37.3. The summed E-state index contributed by atoms with van der Waals surface area (Å²) in [6.07, 6.45) is 0. The molecular formula is C54H38N2. The van der Waals surface area contributed by atoms with Crippen LogP contribution in [0.4, 0.5) is 17.1 Å². The summed E-state index contributed by atoms with van der Waals surface area (Å²) < 4.78 is 2.37. The van der Waals surface area contributed by atoms with Crippen LogP contribution in [-0.2, 0) is 0 Å². The molecule has 0 N–H and O–H groups in total. The molecule has 0 aliphatic carbocycles. The Bertz CT molecular complexity index is 2890. The van der Waals surface area contributed by atoms with Crippen molar-refractivity contribution >= 4 is 38.9 Å². The molecule has 0 unspecified atom stereocenters. The van der Waals surface area contributed by atoms with Gasteiger partial charge < -0.3 is 9.47 Å². The van der Waals surface area contributed by atoms with E-state index in [-0.39, 0.29) is 0 Å². The number of hydrogen-bond donors (Lipinski definition) is 0. The molecule has 0 spiro atoms. The van der Waals surface area contributed by atoms with Gasteiger partial charge in [-0.2, -0.15) is 0 Å². The van der Waals surface area contributed by atoms with Crippen LogP contribution < -0.4 is 4.90 Å². The van der Waals surface area contributed by atoms with Gasteiger partial charge in [0.1, 0.15) is 0 Å². The zero-order valence-corrected chi connectivity index (χ0v) is 30.8. The van der Waals surface area contributed by atoms with Crippen LogP contribution >= 0.6 is 0 Å². The lowest BCUT2D eigenvalue weighted by Gasteiger charge is -2.28. The molecule has 0 saturated carbocycles. The van der Waals surface area contributed by atoms with Crippen molar-refractivity contribution in [1.29, 1.82) is 0 Å². The summed E-state index contributed by atoms with van der Waals surface area (Å²) in [7, 11) is 0.